The van der Waals surface area contributed by atoms with Gasteiger partial charge in [-0.15, -0.1) is 0 Å². The fourth-order valence-corrected chi connectivity index (χ4v) is 2.79. The van der Waals surface area contributed by atoms with Crippen LogP contribution in [0.4, 0.5) is 5.69 Å². The number of nitrogens with two attached hydrogens (primary N) is 2. The first kappa shape index (κ1) is 19.5. The van der Waals surface area contributed by atoms with Crippen molar-refractivity contribution in [2.75, 3.05) is 5.73 Å². The third kappa shape index (κ3) is 4.52. The zero-order valence-electron chi connectivity index (χ0n) is 15.0. The van der Waals surface area contributed by atoms with Gasteiger partial charge in [0.1, 0.15) is 18.1 Å². The Bertz CT molecular complexity index is 1030. The molecule has 0 aliphatic heterocycles. The van der Waals surface area contributed by atoms with Crippen LogP contribution in [0.25, 0.3) is 0 Å². The predicted octanol–water partition coefficient (Wildman–Crippen LogP) is 3.99. The van der Waals surface area contributed by atoms with Gasteiger partial charge in [0.25, 0.3) is 0 Å². The van der Waals surface area contributed by atoms with E-state index in [2.05, 4.69) is 21.1 Å². The molecular formula is C20H18BrN3O4. The lowest BCUT2D eigenvalue weighted by atomic mass is 10.1. The molecule has 0 spiro atoms. The molecule has 2 aromatic carbocycles. The number of hydrogen-bond acceptors (Lipinski definition) is 6. The number of rotatable bonds is 6. The highest BCUT2D eigenvalue weighted by Gasteiger charge is 2.15. The van der Waals surface area contributed by atoms with Crippen molar-refractivity contribution < 1.29 is 18.8 Å². The fourth-order valence-electron chi connectivity index (χ4n) is 2.39. The lowest BCUT2D eigenvalue weighted by molar-refractivity contribution is 0.0475. The van der Waals surface area contributed by atoms with Crippen molar-refractivity contribution in [1.29, 1.82) is 0 Å². The van der Waals surface area contributed by atoms with Crippen LogP contribution in [0.5, 0.6) is 5.75 Å². The molecule has 7 nitrogen and oxygen atoms in total. The zero-order chi connectivity index (χ0) is 20.1. The standard InChI is InChI=1S/C20H18BrN3O4/c1-12-14(5-4-7-16(12)22)19(23)24-28-20(25)18-10-9-13(27-18)11-26-17-8-3-2-6-15(17)21/h2-10H,11,22H2,1H3,(H2,23,24). The summed E-state index contributed by atoms with van der Waals surface area (Å²) in [6, 6.07) is 15.8. The first-order valence-corrected chi connectivity index (χ1v) is 9.11. The molecule has 0 unspecified atom stereocenters. The van der Waals surface area contributed by atoms with E-state index < -0.39 is 5.97 Å². The molecule has 0 aliphatic rings. The van der Waals surface area contributed by atoms with E-state index in [9.17, 15) is 4.79 Å². The summed E-state index contributed by atoms with van der Waals surface area (Å²) in [5.41, 5.74) is 13.6. The first-order chi connectivity index (χ1) is 13.5. The summed E-state index contributed by atoms with van der Waals surface area (Å²) < 4.78 is 11.9. The fraction of sp³-hybridized carbons (Fsp3) is 0.100. The number of para-hydroxylation sites is 1. The normalized spacial score (nSPS) is 11.3. The highest BCUT2D eigenvalue weighted by Crippen LogP contribution is 2.25. The molecule has 144 valence electrons. The molecule has 1 aromatic heterocycles. The molecule has 0 amide bonds. The van der Waals surface area contributed by atoms with Gasteiger partial charge in [-0.3, -0.25) is 0 Å². The van der Waals surface area contributed by atoms with Crippen molar-refractivity contribution in [3.05, 3.63) is 81.7 Å². The van der Waals surface area contributed by atoms with Crippen LogP contribution < -0.4 is 16.2 Å². The Morgan fingerprint density at radius 3 is 2.71 bits per heavy atom. The average molecular weight is 444 g/mol. The minimum atomic E-state index is -0.767. The summed E-state index contributed by atoms with van der Waals surface area (Å²) >= 11 is 3.40. The molecule has 28 heavy (non-hydrogen) atoms. The van der Waals surface area contributed by atoms with Crippen molar-refractivity contribution in [2.24, 2.45) is 10.9 Å². The minimum absolute atomic E-state index is 0.00780. The topological polar surface area (TPSA) is 113 Å². The van der Waals surface area contributed by atoms with Gasteiger partial charge in [-0.1, -0.05) is 29.4 Å². The molecule has 0 radical (unpaired) electrons. The molecule has 0 aliphatic carbocycles. The second-order valence-corrected chi connectivity index (χ2v) is 6.71. The number of oxime groups is 1. The SMILES string of the molecule is Cc1c(N)cccc1/C(N)=N/OC(=O)c1ccc(COc2ccccc2Br)o1. The summed E-state index contributed by atoms with van der Waals surface area (Å²) in [5.74, 6) is 0.398. The summed E-state index contributed by atoms with van der Waals surface area (Å²) in [6.45, 7) is 1.96. The number of carbonyl (C=O) groups is 1. The Hall–Kier alpha value is -3.26. The van der Waals surface area contributed by atoms with Gasteiger partial charge in [-0.05, 0) is 58.7 Å². The maximum absolute atomic E-state index is 12.1. The lowest BCUT2D eigenvalue weighted by Gasteiger charge is -2.07. The Morgan fingerprint density at radius 2 is 1.93 bits per heavy atom. The van der Waals surface area contributed by atoms with E-state index in [-0.39, 0.29) is 18.2 Å². The minimum Gasteiger partial charge on any atom is -0.484 e. The molecule has 3 rings (SSSR count). The van der Waals surface area contributed by atoms with Gasteiger partial charge in [0.05, 0.1) is 4.47 Å². The molecule has 0 bridgehead atoms. The molecular weight excluding hydrogens is 426 g/mol. The van der Waals surface area contributed by atoms with E-state index in [1.165, 1.54) is 6.07 Å². The maximum Gasteiger partial charge on any atom is 0.400 e. The summed E-state index contributed by atoms with van der Waals surface area (Å²) in [6.07, 6.45) is 0. The molecule has 0 saturated carbocycles. The average Bonchev–Trinajstić information content (AvgIpc) is 3.16. The number of amidine groups is 1. The molecule has 0 fully saturated rings. The quantitative estimate of drug-likeness (QED) is 0.196. The van der Waals surface area contributed by atoms with E-state index in [1.54, 1.807) is 31.2 Å². The van der Waals surface area contributed by atoms with E-state index >= 15 is 0 Å². The summed E-state index contributed by atoms with van der Waals surface area (Å²) in [7, 11) is 0. The van der Waals surface area contributed by atoms with Crippen LogP contribution >= 0.6 is 15.9 Å². The Balaban J connectivity index is 1.62. The number of hydrogen-bond donors (Lipinski definition) is 2. The smallest absolute Gasteiger partial charge is 0.400 e. The van der Waals surface area contributed by atoms with Crippen LogP contribution in [0, 0.1) is 6.92 Å². The highest BCUT2D eigenvalue weighted by atomic mass is 79.9. The van der Waals surface area contributed by atoms with Crippen LogP contribution in [-0.4, -0.2) is 11.8 Å². The van der Waals surface area contributed by atoms with Gasteiger partial charge in [-0.25, -0.2) is 4.79 Å². The number of halogens is 1. The van der Waals surface area contributed by atoms with Crippen LogP contribution in [0.3, 0.4) is 0 Å². The number of furan rings is 1. The van der Waals surface area contributed by atoms with E-state index in [1.807, 2.05) is 24.3 Å². The Kier molecular flexibility index (Phi) is 6.00. The molecule has 4 N–H and O–H groups in total. The van der Waals surface area contributed by atoms with Crippen LogP contribution in [-0.2, 0) is 11.4 Å². The van der Waals surface area contributed by atoms with Gasteiger partial charge in [0.2, 0.25) is 5.76 Å². The number of nitrogen functional groups attached to an aromatic ring is 1. The molecule has 3 aromatic rings. The second-order valence-electron chi connectivity index (χ2n) is 5.86. The lowest BCUT2D eigenvalue weighted by Crippen LogP contribution is -2.17. The van der Waals surface area contributed by atoms with Gasteiger partial charge in [0, 0.05) is 11.3 Å². The summed E-state index contributed by atoms with van der Waals surface area (Å²) in [5, 5.41) is 3.68. The van der Waals surface area contributed by atoms with Crippen LogP contribution in [0.15, 0.2) is 68.6 Å². The van der Waals surface area contributed by atoms with Crippen LogP contribution in [0.1, 0.15) is 27.4 Å². The number of ether oxygens (including phenoxy) is 1. The van der Waals surface area contributed by atoms with Crippen molar-refractivity contribution in [2.45, 2.75) is 13.5 Å². The number of nitrogens with zero attached hydrogens (tertiary/aromatic N) is 1. The third-order valence-corrected chi connectivity index (χ3v) is 4.60. The van der Waals surface area contributed by atoms with Gasteiger partial charge >= 0.3 is 5.97 Å². The molecule has 1 heterocycles. The van der Waals surface area contributed by atoms with Gasteiger partial charge < -0.3 is 25.5 Å². The zero-order valence-corrected chi connectivity index (χ0v) is 16.6. The third-order valence-electron chi connectivity index (χ3n) is 3.95. The van der Waals surface area contributed by atoms with Gasteiger partial charge in [0.15, 0.2) is 5.84 Å². The van der Waals surface area contributed by atoms with Crippen molar-refractivity contribution in [1.82, 2.24) is 0 Å². The predicted molar refractivity (Wildman–Crippen MR) is 109 cm³/mol. The number of anilines is 1. The number of carbonyl (C=O) groups excluding carboxylic acids is 1. The van der Waals surface area contributed by atoms with Crippen molar-refractivity contribution in [3.8, 4) is 5.75 Å². The number of benzene rings is 2. The van der Waals surface area contributed by atoms with E-state index in [0.29, 0.717) is 22.8 Å². The highest BCUT2D eigenvalue weighted by molar-refractivity contribution is 9.10. The van der Waals surface area contributed by atoms with Crippen molar-refractivity contribution >= 4 is 33.4 Å². The Morgan fingerprint density at radius 1 is 1.14 bits per heavy atom. The monoisotopic (exact) mass is 443 g/mol. The maximum atomic E-state index is 12.1. The largest absolute Gasteiger partial charge is 0.484 e. The molecule has 8 heteroatoms. The molecule has 0 saturated heterocycles. The second kappa shape index (κ2) is 8.62. The van der Waals surface area contributed by atoms with Gasteiger partial charge in [-0.2, -0.15) is 0 Å². The van der Waals surface area contributed by atoms with Crippen LogP contribution in [0.2, 0.25) is 0 Å². The Labute approximate surface area is 170 Å². The summed E-state index contributed by atoms with van der Waals surface area (Å²) in [4.78, 5) is 17.0. The van der Waals surface area contributed by atoms with Crippen molar-refractivity contribution in [3.63, 3.8) is 0 Å². The molecule has 0 atom stereocenters. The van der Waals surface area contributed by atoms with E-state index in [0.717, 1.165) is 10.0 Å². The van der Waals surface area contributed by atoms with E-state index in [4.69, 9.17) is 25.5 Å². The first-order valence-electron chi connectivity index (χ1n) is 8.32.